The molecule has 1 aromatic carbocycles. The van der Waals surface area contributed by atoms with Crippen molar-refractivity contribution in [2.45, 2.75) is 6.42 Å². The first-order valence-corrected chi connectivity index (χ1v) is 7.16. The number of rotatable bonds is 3. The Morgan fingerprint density at radius 1 is 1.41 bits per heavy atom. The van der Waals surface area contributed by atoms with Crippen molar-refractivity contribution in [1.29, 1.82) is 0 Å². The number of nitrogens with one attached hydrogen (secondary N) is 2. The number of hydrogen-bond acceptors (Lipinski definition) is 3. The first-order valence-electron chi connectivity index (χ1n) is 4.60. The van der Waals surface area contributed by atoms with E-state index in [1.807, 2.05) is 0 Å². The number of anilines is 2. The monoisotopic (exact) mass is 294 g/mol. The lowest BCUT2D eigenvalue weighted by atomic mass is 10.1. The SMILES string of the molecule is O=C1Cc2cc(NS(=O)(=O)CCl)c(Cl)cc2N1. The van der Waals surface area contributed by atoms with Gasteiger partial charge < -0.3 is 5.32 Å². The van der Waals surface area contributed by atoms with E-state index in [4.69, 9.17) is 23.2 Å². The van der Waals surface area contributed by atoms with Crippen molar-refractivity contribution in [3.63, 3.8) is 0 Å². The van der Waals surface area contributed by atoms with E-state index in [1.54, 1.807) is 0 Å². The van der Waals surface area contributed by atoms with Crippen LogP contribution in [0.4, 0.5) is 11.4 Å². The van der Waals surface area contributed by atoms with Crippen LogP contribution in [0.3, 0.4) is 0 Å². The molecule has 1 aliphatic rings. The highest BCUT2D eigenvalue weighted by atomic mass is 35.5. The van der Waals surface area contributed by atoms with E-state index in [1.165, 1.54) is 12.1 Å². The van der Waals surface area contributed by atoms with Gasteiger partial charge in [-0.05, 0) is 17.7 Å². The molecule has 0 radical (unpaired) electrons. The maximum atomic E-state index is 11.3. The van der Waals surface area contributed by atoms with Crippen LogP contribution in [0.2, 0.25) is 5.02 Å². The Bertz CT molecular complexity index is 586. The fourth-order valence-corrected chi connectivity index (χ4v) is 2.51. The molecule has 1 amide bonds. The molecule has 2 N–H and O–H groups in total. The second-order valence-electron chi connectivity index (χ2n) is 3.54. The highest BCUT2D eigenvalue weighted by Crippen LogP contribution is 2.33. The van der Waals surface area contributed by atoms with Crippen LogP contribution < -0.4 is 10.0 Å². The molecule has 0 saturated carbocycles. The summed E-state index contributed by atoms with van der Waals surface area (Å²) >= 11 is 11.2. The summed E-state index contributed by atoms with van der Waals surface area (Å²) in [5, 5.41) is 2.27. The van der Waals surface area contributed by atoms with Crippen molar-refractivity contribution < 1.29 is 13.2 Å². The molecular weight excluding hydrogens is 287 g/mol. The zero-order chi connectivity index (χ0) is 12.6. The van der Waals surface area contributed by atoms with Gasteiger partial charge in [-0.2, -0.15) is 0 Å². The molecule has 5 nitrogen and oxygen atoms in total. The van der Waals surface area contributed by atoms with Crippen molar-refractivity contribution in [1.82, 2.24) is 0 Å². The van der Waals surface area contributed by atoms with Gasteiger partial charge in [0, 0.05) is 5.69 Å². The van der Waals surface area contributed by atoms with E-state index in [9.17, 15) is 13.2 Å². The summed E-state index contributed by atoms with van der Waals surface area (Å²) in [6, 6.07) is 3.04. The van der Waals surface area contributed by atoms with Crippen molar-refractivity contribution in [3.05, 3.63) is 22.7 Å². The maximum Gasteiger partial charge on any atom is 0.246 e. The van der Waals surface area contributed by atoms with Gasteiger partial charge in [-0.15, -0.1) is 11.6 Å². The summed E-state index contributed by atoms with van der Waals surface area (Å²) in [5.41, 5.74) is 1.53. The van der Waals surface area contributed by atoms with Gasteiger partial charge >= 0.3 is 0 Å². The van der Waals surface area contributed by atoms with Gasteiger partial charge in [0.15, 0.2) is 0 Å². The molecule has 0 unspecified atom stereocenters. The lowest BCUT2D eigenvalue weighted by Gasteiger charge is -2.09. The van der Waals surface area contributed by atoms with E-state index in [-0.39, 0.29) is 23.0 Å². The Hall–Kier alpha value is -0.980. The van der Waals surface area contributed by atoms with E-state index < -0.39 is 15.2 Å². The van der Waals surface area contributed by atoms with Gasteiger partial charge in [-0.1, -0.05) is 11.6 Å². The Morgan fingerprint density at radius 3 is 2.76 bits per heavy atom. The van der Waals surface area contributed by atoms with E-state index >= 15 is 0 Å². The number of alkyl halides is 1. The number of amides is 1. The molecule has 2 rings (SSSR count). The lowest BCUT2D eigenvalue weighted by molar-refractivity contribution is -0.115. The number of sulfonamides is 1. The van der Waals surface area contributed by atoms with Crippen LogP contribution in [0.1, 0.15) is 5.56 Å². The van der Waals surface area contributed by atoms with E-state index in [0.717, 1.165) is 0 Å². The van der Waals surface area contributed by atoms with Crippen molar-refractivity contribution in [2.75, 3.05) is 15.3 Å². The summed E-state index contributed by atoms with van der Waals surface area (Å²) < 4.78 is 24.9. The first kappa shape index (κ1) is 12.5. The highest BCUT2D eigenvalue weighted by molar-refractivity contribution is 7.93. The summed E-state index contributed by atoms with van der Waals surface area (Å²) in [4.78, 5) is 11.2. The average molecular weight is 295 g/mol. The molecule has 0 aliphatic carbocycles. The predicted molar refractivity (Wildman–Crippen MR) is 67.0 cm³/mol. The van der Waals surface area contributed by atoms with Crippen LogP contribution >= 0.6 is 23.2 Å². The Morgan fingerprint density at radius 2 is 2.12 bits per heavy atom. The first-order chi connectivity index (χ1) is 7.91. The second kappa shape index (κ2) is 4.36. The molecule has 0 spiro atoms. The number of fused-ring (bicyclic) bond motifs is 1. The minimum atomic E-state index is -3.60. The zero-order valence-electron chi connectivity index (χ0n) is 8.46. The van der Waals surface area contributed by atoms with E-state index in [0.29, 0.717) is 11.3 Å². The maximum absolute atomic E-state index is 11.3. The highest BCUT2D eigenvalue weighted by Gasteiger charge is 2.21. The molecule has 1 heterocycles. The predicted octanol–water partition coefficient (Wildman–Crippen LogP) is 1.77. The summed E-state index contributed by atoms with van der Waals surface area (Å²) in [6.45, 7) is 0. The standard InChI is InChI=1S/C9H8Cl2N2O3S/c10-4-17(15,16)13-8-1-5-2-9(14)12-7(5)3-6(8)11/h1,3,13H,2,4H2,(H,12,14). The third kappa shape index (κ3) is 2.65. The van der Waals surface area contributed by atoms with Gasteiger partial charge in [0.05, 0.1) is 17.1 Å². The van der Waals surface area contributed by atoms with Gasteiger partial charge in [0.2, 0.25) is 15.9 Å². The molecule has 92 valence electrons. The van der Waals surface area contributed by atoms with Crippen LogP contribution in [0.25, 0.3) is 0 Å². The molecule has 0 saturated heterocycles. The molecule has 1 aliphatic heterocycles. The molecule has 0 fully saturated rings. The Labute approximate surface area is 108 Å². The summed E-state index contributed by atoms with van der Waals surface area (Å²) in [6.07, 6.45) is 0.210. The van der Waals surface area contributed by atoms with Crippen molar-refractivity contribution in [2.24, 2.45) is 0 Å². The van der Waals surface area contributed by atoms with E-state index in [2.05, 4.69) is 10.0 Å². The molecule has 0 aromatic heterocycles. The van der Waals surface area contributed by atoms with Gasteiger partial charge in [-0.3, -0.25) is 9.52 Å². The van der Waals surface area contributed by atoms with Crippen molar-refractivity contribution >= 4 is 50.5 Å². The van der Waals surface area contributed by atoms with Gasteiger partial charge in [0.1, 0.15) is 5.21 Å². The average Bonchev–Trinajstić information content (AvgIpc) is 2.58. The number of carbonyl (C=O) groups is 1. The number of benzene rings is 1. The molecular formula is C9H8Cl2N2O3S. The number of carbonyl (C=O) groups excluding carboxylic acids is 1. The fourth-order valence-electron chi connectivity index (χ4n) is 1.52. The largest absolute Gasteiger partial charge is 0.325 e. The molecule has 1 aromatic rings. The minimum Gasteiger partial charge on any atom is -0.325 e. The van der Waals surface area contributed by atoms with Crippen molar-refractivity contribution in [3.8, 4) is 0 Å². The third-order valence-electron chi connectivity index (χ3n) is 2.23. The normalized spacial score (nSPS) is 14.4. The van der Waals surface area contributed by atoms with Crippen LogP contribution in [0, 0.1) is 0 Å². The lowest BCUT2D eigenvalue weighted by Crippen LogP contribution is -2.13. The molecule has 0 bridgehead atoms. The quantitative estimate of drug-likeness (QED) is 0.834. The summed E-state index contributed by atoms with van der Waals surface area (Å²) in [5.74, 6) is -0.145. The van der Waals surface area contributed by atoms with Crippen LogP contribution in [0.5, 0.6) is 0 Å². The molecule has 0 atom stereocenters. The Balaban J connectivity index is 2.38. The topological polar surface area (TPSA) is 75.3 Å². The van der Waals surface area contributed by atoms with Crippen LogP contribution in [-0.4, -0.2) is 19.5 Å². The Kier molecular flexibility index (Phi) is 3.20. The summed E-state index contributed by atoms with van der Waals surface area (Å²) in [7, 11) is -3.60. The minimum absolute atomic E-state index is 0.145. The third-order valence-corrected chi connectivity index (χ3v) is 4.22. The number of hydrogen-bond donors (Lipinski definition) is 2. The van der Waals surface area contributed by atoms with Gasteiger partial charge in [-0.25, -0.2) is 8.42 Å². The number of halogens is 2. The second-order valence-corrected chi connectivity index (χ2v) is 6.25. The van der Waals surface area contributed by atoms with Crippen LogP contribution in [-0.2, 0) is 21.2 Å². The zero-order valence-corrected chi connectivity index (χ0v) is 10.8. The smallest absolute Gasteiger partial charge is 0.246 e. The van der Waals surface area contributed by atoms with Crippen LogP contribution in [0.15, 0.2) is 12.1 Å². The molecule has 8 heteroatoms. The fraction of sp³-hybridized carbons (Fsp3) is 0.222. The molecule has 17 heavy (non-hydrogen) atoms. The van der Waals surface area contributed by atoms with Gasteiger partial charge in [0.25, 0.3) is 0 Å².